The van der Waals surface area contributed by atoms with Crippen LogP contribution in [0.5, 0.6) is 0 Å². The number of rotatable bonds is 5. The second kappa shape index (κ2) is 5.08. The molecule has 0 aromatic heterocycles. The maximum atomic E-state index is 11.8. The van der Waals surface area contributed by atoms with E-state index in [4.69, 9.17) is 5.73 Å². The molecule has 5 nitrogen and oxygen atoms in total. The Balaban J connectivity index is 1.97. The van der Waals surface area contributed by atoms with Crippen molar-refractivity contribution in [2.75, 3.05) is 18.9 Å². The van der Waals surface area contributed by atoms with E-state index in [2.05, 4.69) is 5.32 Å². The van der Waals surface area contributed by atoms with Crippen LogP contribution in [0.3, 0.4) is 0 Å². The smallest absolute Gasteiger partial charge is 0.250 e. The highest BCUT2D eigenvalue weighted by molar-refractivity contribution is 5.99. The maximum Gasteiger partial charge on any atom is 0.250 e. The standard InChI is InChI=1S/C13H17N3O2/c1-16(9-6-7-9)12(17)8-15-11-5-3-2-4-10(11)13(14)18/h2-5,9,15H,6-8H2,1H3,(H2,14,18). The van der Waals surface area contributed by atoms with Gasteiger partial charge in [-0.05, 0) is 25.0 Å². The third-order valence-electron chi connectivity index (χ3n) is 3.11. The fraction of sp³-hybridized carbons (Fsp3) is 0.385. The summed E-state index contributed by atoms with van der Waals surface area (Å²) in [4.78, 5) is 24.8. The van der Waals surface area contributed by atoms with Crippen molar-refractivity contribution in [3.63, 3.8) is 0 Å². The molecule has 5 heteroatoms. The van der Waals surface area contributed by atoms with Gasteiger partial charge in [-0.15, -0.1) is 0 Å². The molecule has 1 aliphatic rings. The van der Waals surface area contributed by atoms with Crippen LogP contribution in [0, 0.1) is 0 Å². The van der Waals surface area contributed by atoms with Crippen LogP contribution >= 0.6 is 0 Å². The molecule has 18 heavy (non-hydrogen) atoms. The van der Waals surface area contributed by atoms with Gasteiger partial charge < -0.3 is 16.0 Å². The molecule has 0 heterocycles. The Morgan fingerprint density at radius 2 is 2.06 bits per heavy atom. The minimum atomic E-state index is -0.499. The number of hydrogen-bond acceptors (Lipinski definition) is 3. The first-order valence-electron chi connectivity index (χ1n) is 5.98. The van der Waals surface area contributed by atoms with E-state index in [1.54, 1.807) is 29.2 Å². The van der Waals surface area contributed by atoms with Gasteiger partial charge in [-0.25, -0.2) is 0 Å². The molecule has 1 saturated carbocycles. The van der Waals surface area contributed by atoms with Crippen LogP contribution in [-0.2, 0) is 4.79 Å². The molecular weight excluding hydrogens is 230 g/mol. The van der Waals surface area contributed by atoms with E-state index in [0.29, 0.717) is 17.3 Å². The van der Waals surface area contributed by atoms with Crippen molar-refractivity contribution in [3.8, 4) is 0 Å². The van der Waals surface area contributed by atoms with Crippen LogP contribution in [0.1, 0.15) is 23.2 Å². The van der Waals surface area contributed by atoms with Crippen LogP contribution in [0.15, 0.2) is 24.3 Å². The van der Waals surface area contributed by atoms with Crippen molar-refractivity contribution in [2.24, 2.45) is 5.73 Å². The van der Waals surface area contributed by atoms with Crippen molar-refractivity contribution in [3.05, 3.63) is 29.8 Å². The first kappa shape index (κ1) is 12.4. The summed E-state index contributed by atoms with van der Waals surface area (Å²) in [7, 11) is 1.81. The van der Waals surface area contributed by atoms with Gasteiger partial charge in [0, 0.05) is 18.8 Å². The first-order valence-corrected chi connectivity index (χ1v) is 5.98. The minimum absolute atomic E-state index is 0.0248. The molecule has 2 rings (SSSR count). The van der Waals surface area contributed by atoms with E-state index in [-0.39, 0.29) is 12.5 Å². The summed E-state index contributed by atoms with van der Waals surface area (Å²) in [5.74, 6) is -0.474. The molecule has 0 spiro atoms. The first-order chi connectivity index (χ1) is 8.59. The number of nitrogens with one attached hydrogen (secondary N) is 1. The molecule has 0 aliphatic heterocycles. The highest BCUT2D eigenvalue weighted by Gasteiger charge is 2.29. The summed E-state index contributed by atoms with van der Waals surface area (Å²) in [6.07, 6.45) is 2.17. The number of likely N-dealkylation sites (N-methyl/N-ethyl adjacent to an activating group) is 1. The van der Waals surface area contributed by atoms with Crippen LogP contribution in [0.25, 0.3) is 0 Å². The van der Waals surface area contributed by atoms with E-state index < -0.39 is 5.91 Å². The van der Waals surface area contributed by atoms with Gasteiger partial charge in [0.1, 0.15) is 0 Å². The fourth-order valence-electron chi connectivity index (χ4n) is 1.81. The Bertz CT molecular complexity index is 469. The fourth-order valence-corrected chi connectivity index (χ4v) is 1.81. The second-order valence-electron chi connectivity index (χ2n) is 4.50. The van der Waals surface area contributed by atoms with E-state index >= 15 is 0 Å². The van der Waals surface area contributed by atoms with Gasteiger partial charge in [0.05, 0.1) is 12.1 Å². The zero-order valence-electron chi connectivity index (χ0n) is 10.3. The second-order valence-corrected chi connectivity index (χ2v) is 4.50. The summed E-state index contributed by atoms with van der Waals surface area (Å²) >= 11 is 0. The molecule has 3 N–H and O–H groups in total. The monoisotopic (exact) mass is 247 g/mol. The molecule has 2 amide bonds. The number of benzene rings is 1. The Hall–Kier alpha value is -2.04. The quantitative estimate of drug-likeness (QED) is 0.808. The van der Waals surface area contributed by atoms with Crippen LogP contribution in [0.4, 0.5) is 5.69 Å². The number of carbonyl (C=O) groups excluding carboxylic acids is 2. The highest BCUT2D eigenvalue weighted by Crippen LogP contribution is 2.25. The summed E-state index contributed by atoms with van der Waals surface area (Å²) < 4.78 is 0. The lowest BCUT2D eigenvalue weighted by atomic mass is 10.1. The number of para-hydroxylation sites is 1. The molecule has 0 radical (unpaired) electrons. The lowest BCUT2D eigenvalue weighted by molar-refractivity contribution is -0.128. The zero-order valence-corrected chi connectivity index (χ0v) is 10.3. The molecule has 0 atom stereocenters. The van der Waals surface area contributed by atoms with Crippen LogP contribution in [-0.4, -0.2) is 36.3 Å². The number of hydrogen-bond donors (Lipinski definition) is 2. The molecule has 1 aliphatic carbocycles. The predicted molar refractivity (Wildman–Crippen MR) is 69.2 cm³/mol. The van der Waals surface area contributed by atoms with E-state index in [1.807, 2.05) is 7.05 Å². The van der Waals surface area contributed by atoms with Gasteiger partial charge >= 0.3 is 0 Å². The van der Waals surface area contributed by atoms with Gasteiger partial charge in [0.2, 0.25) is 5.91 Å². The number of nitrogens with zero attached hydrogens (tertiary/aromatic N) is 1. The van der Waals surface area contributed by atoms with Gasteiger partial charge in [0.25, 0.3) is 5.91 Å². The largest absolute Gasteiger partial charge is 0.376 e. The number of anilines is 1. The van der Waals surface area contributed by atoms with E-state index in [0.717, 1.165) is 12.8 Å². The topological polar surface area (TPSA) is 75.4 Å². The van der Waals surface area contributed by atoms with Gasteiger partial charge in [0.15, 0.2) is 0 Å². The average Bonchev–Trinajstić information content (AvgIpc) is 3.19. The number of amides is 2. The lowest BCUT2D eigenvalue weighted by Crippen LogP contribution is -2.34. The third kappa shape index (κ3) is 2.80. The maximum absolute atomic E-state index is 11.8. The van der Waals surface area contributed by atoms with Gasteiger partial charge in [-0.2, -0.15) is 0 Å². The summed E-state index contributed by atoms with van der Waals surface area (Å²) in [6, 6.07) is 7.31. The van der Waals surface area contributed by atoms with Gasteiger partial charge in [-0.3, -0.25) is 9.59 Å². The Morgan fingerprint density at radius 1 is 1.39 bits per heavy atom. The van der Waals surface area contributed by atoms with Crippen molar-refractivity contribution in [1.29, 1.82) is 0 Å². The lowest BCUT2D eigenvalue weighted by Gasteiger charge is -2.17. The molecule has 1 aromatic rings. The van der Waals surface area contributed by atoms with Gasteiger partial charge in [-0.1, -0.05) is 12.1 Å². The molecule has 0 saturated heterocycles. The predicted octanol–water partition coefficient (Wildman–Crippen LogP) is 0.818. The Morgan fingerprint density at radius 3 is 2.67 bits per heavy atom. The zero-order chi connectivity index (χ0) is 13.1. The SMILES string of the molecule is CN(C(=O)CNc1ccccc1C(N)=O)C1CC1. The molecule has 0 bridgehead atoms. The van der Waals surface area contributed by atoms with Crippen molar-refractivity contribution in [1.82, 2.24) is 4.90 Å². The van der Waals surface area contributed by atoms with Crippen LogP contribution < -0.4 is 11.1 Å². The molecule has 1 aromatic carbocycles. The van der Waals surface area contributed by atoms with Crippen molar-refractivity contribution in [2.45, 2.75) is 18.9 Å². The molecule has 0 unspecified atom stereocenters. The summed E-state index contributed by atoms with van der Waals surface area (Å²) in [5.41, 5.74) is 6.27. The molecule has 1 fully saturated rings. The summed E-state index contributed by atoms with van der Waals surface area (Å²) in [6.45, 7) is 0.178. The number of primary amides is 1. The Labute approximate surface area is 106 Å². The van der Waals surface area contributed by atoms with E-state index in [1.165, 1.54) is 0 Å². The van der Waals surface area contributed by atoms with Crippen molar-refractivity contribution >= 4 is 17.5 Å². The van der Waals surface area contributed by atoms with Crippen LogP contribution in [0.2, 0.25) is 0 Å². The molecular formula is C13H17N3O2. The Kier molecular flexibility index (Phi) is 3.50. The third-order valence-corrected chi connectivity index (χ3v) is 3.11. The minimum Gasteiger partial charge on any atom is -0.376 e. The van der Waals surface area contributed by atoms with Crippen molar-refractivity contribution < 1.29 is 9.59 Å². The number of nitrogens with two attached hydrogens (primary N) is 1. The highest BCUT2D eigenvalue weighted by atomic mass is 16.2. The average molecular weight is 247 g/mol. The normalized spacial score (nSPS) is 14.1. The number of carbonyl (C=O) groups is 2. The summed E-state index contributed by atoms with van der Waals surface area (Å²) in [5, 5.41) is 2.97. The molecule has 96 valence electrons. The van der Waals surface area contributed by atoms with E-state index in [9.17, 15) is 9.59 Å².